The monoisotopic (exact) mass is 399 g/mol. The zero-order chi connectivity index (χ0) is 19.8. The second kappa shape index (κ2) is 7.62. The Morgan fingerprint density at radius 1 is 0.862 bits per heavy atom. The topological polar surface area (TPSA) is 22.3 Å². The predicted molar refractivity (Wildman–Crippen MR) is 124 cm³/mol. The number of nitrogens with one attached hydrogen (secondary N) is 1. The van der Waals surface area contributed by atoms with Crippen molar-refractivity contribution in [3.8, 4) is 11.1 Å². The van der Waals surface area contributed by atoms with E-state index in [1.54, 1.807) is 0 Å². The maximum atomic E-state index is 3.28. The average molecular weight is 400 g/mol. The largest absolute Gasteiger partial charge is 0.361 e. The summed E-state index contributed by atoms with van der Waals surface area (Å²) in [4.78, 5) is 10.7. The quantitative estimate of drug-likeness (QED) is 0.420. The zero-order valence-corrected chi connectivity index (χ0v) is 17.7. The van der Waals surface area contributed by atoms with Gasteiger partial charge in [-0.3, -0.25) is 0 Å². The van der Waals surface area contributed by atoms with E-state index in [9.17, 15) is 0 Å². The summed E-state index contributed by atoms with van der Waals surface area (Å²) in [6.45, 7) is 2.12. The summed E-state index contributed by atoms with van der Waals surface area (Å²) in [5.74, 6) is 0. The van der Waals surface area contributed by atoms with E-state index in [1.165, 1.54) is 43.2 Å². The molecule has 0 spiro atoms. The van der Waals surface area contributed by atoms with Crippen molar-refractivity contribution >= 4 is 34.0 Å². The fourth-order valence-electron chi connectivity index (χ4n) is 4.03. The Hall–Kier alpha value is -2.69. The number of nitrogens with zero attached hydrogens (tertiary/aromatic N) is 2. The molecular formula is C25H25N3S. The maximum Gasteiger partial charge on any atom is 0.0553 e. The molecule has 1 aromatic heterocycles. The third-order valence-corrected chi connectivity index (χ3v) is 6.61. The van der Waals surface area contributed by atoms with Gasteiger partial charge in [-0.25, -0.2) is 0 Å². The predicted octanol–water partition coefficient (Wildman–Crippen LogP) is 6.39. The molecule has 4 aromatic rings. The first-order valence-electron chi connectivity index (χ1n) is 10.1. The highest BCUT2D eigenvalue weighted by molar-refractivity contribution is 7.99. The van der Waals surface area contributed by atoms with Crippen molar-refractivity contribution in [2.45, 2.75) is 16.2 Å². The summed E-state index contributed by atoms with van der Waals surface area (Å²) in [6, 6.07) is 24.4. The fraction of sp³-hybridized carbons (Fsp3) is 0.200. The van der Waals surface area contributed by atoms with E-state index in [0.717, 1.165) is 19.5 Å². The van der Waals surface area contributed by atoms with Crippen LogP contribution in [-0.2, 0) is 0 Å². The van der Waals surface area contributed by atoms with Crippen molar-refractivity contribution in [1.29, 1.82) is 0 Å². The van der Waals surface area contributed by atoms with Crippen LogP contribution in [0.3, 0.4) is 0 Å². The van der Waals surface area contributed by atoms with Crippen LogP contribution < -0.4 is 4.90 Å². The minimum absolute atomic E-state index is 1.03. The first-order chi connectivity index (χ1) is 14.2. The van der Waals surface area contributed by atoms with E-state index < -0.39 is 0 Å². The highest BCUT2D eigenvalue weighted by Crippen LogP contribution is 2.49. The highest BCUT2D eigenvalue weighted by Gasteiger charge is 2.23. The van der Waals surface area contributed by atoms with Crippen molar-refractivity contribution in [2.24, 2.45) is 0 Å². The Morgan fingerprint density at radius 3 is 2.55 bits per heavy atom. The molecule has 1 N–H and O–H groups in total. The summed E-state index contributed by atoms with van der Waals surface area (Å²) in [6.07, 6.45) is 3.14. The van der Waals surface area contributed by atoms with Crippen LogP contribution in [0.15, 0.2) is 82.7 Å². The van der Waals surface area contributed by atoms with E-state index in [0.29, 0.717) is 0 Å². The standard InChI is InChI=1S/C25H25N3S/c1-27(2)14-5-15-28-22-6-3-4-7-24(22)29-25-17-19(9-11-23(25)28)18-8-10-21-20(16-18)12-13-26-21/h3-4,6-13,16-17,26H,5,14-15H2,1-2H3. The maximum absolute atomic E-state index is 3.28. The Morgan fingerprint density at radius 2 is 1.66 bits per heavy atom. The molecule has 0 amide bonds. The summed E-state index contributed by atoms with van der Waals surface area (Å²) in [7, 11) is 4.28. The smallest absolute Gasteiger partial charge is 0.0553 e. The Bertz CT molecular complexity index is 1160. The minimum atomic E-state index is 1.03. The van der Waals surface area contributed by atoms with Crippen LogP contribution in [0.4, 0.5) is 11.4 Å². The molecule has 0 unspecified atom stereocenters. The van der Waals surface area contributed by atoms with Crippen LogP contribution >= 0.6 is 11.8 Å². The van der Waals surface area contributed by atoms with E-state index >= 15 is 0 Å². The number of hydrogen-bond donors (Lipinski definition) is 1. The number of fused-ring (bicyclic) bond motifs is 3. The Kier molecular flexibility index (Phi) is 4.82. The Labute approximate surface area is 176 Å². The number of anilines is 2. The summed E-state index contributed by atoms with van der Waals surface area (Å²) in [5.41, 5.74) is 6.36. The van der Waals surface area contributed by atoms with Crippen molar-refractivity contribution in [3.05, 3.63) is 72.9 Å². The van der Waals surface area contributed by atoms with Gasteiger partial charge < -0.3 is 14.8 Å². The minimum Gasteiger partial charge on any atom is -0.361 e. The second-order valence-electron chi connectivity index (χ2n) is 7.84. The van der Waals surface area contributed by atoms with Crippen LogP contribution in [-0.4, -0.2) is 37.1 Å². The van der Waals surface area contributed by atoms with E-state index in [4.69, 9.17) is 0 Å². The SMILES string of the molecule is CN(C)CCCN1c2ccccc2Sc2cc(-c3ccc4[nH]ccc4c3)ccc21. The number of H-pyrrole nitrogens is 1. The van der Waals surface area contributed by atoms with Gasteiger partial charge in [-0.05, 0) is 86.0 Å². The first kappa shape index (κ1) is 18.3. The van der Waals surface area contributed by atoms with Gasteiger partial charge in [-0.1, -0.05) is 36.0 Å². The van der Waals surface area contributed by atoms with Gasteiger partial charge in [0.15, 0.2) is 0 Å². The van der Waals surface area contributed by atoms with Crippen LogP contribution in [0.5, 0.6) is 0 Å². The molecule has 0 bridgehead atoms. The van der Waals surface area contributed by atoms with E-state index in [2.05, 4.69) is 95.6 Å². The molecule has 0 aliphatic carbocycles. The molecule has 0 fully saturated rings. The molecule has 5 rings (SSSR count). The number of hydrogen-bond acceptors (Lipinski definition) is 3. The van der Waals surface area contributed by atoms with Gasteiger partial charge in [0.2, 0.25) is 0 Å². The molecule has 1 aliphatic heterocycles. The first-order valence-corrected chi connectivity index (χ1v) is 10.9. The van der Waals surface area contributed by atoms with Gasteiger partial charge in [0.1, 0.15) is 0 Å². The van der Waals surface area contributed by atoms with E-state index in [1.807, 2.05) is 18.0 Å². The van der Waals surface area contributed by atoms with Crippen LogP contribution in [0.1, 0.15) is 6.42 Å². The molecule has 3 nitrogen and oxygen atoms in total. The van der Waals surface area contributed by atoms with E-state index in [-0.39, 0.29) is 0 Å². The third-order valence-electron chi connectivity index (χ3n) is 5.50. The van der Waals surface area contributed by atoms with Crippen molar-refractivity contribution in [1.82, 2.24) is 9.88 Å². The van der Waals surface area contributed by atoms with Gasteiger partial charge >= 0.3 is 0 Å². The molecule has 0 atom stereocenters. The number of rotatable bonds is 5. The summed E-state index contributed by atoms with van der Waals surface area (Å²) < 4.78 is 0. The van der Waals surface area contributed by atoms with Gasteiger partial charge in [-0.15, -0.1) is 0 Å². The molecule has 1 aliphatic rings. The number of benzene rings is 3. The van der Waals surface area contributed by atoms with Gasteiger partial charge in [0, 0.05) is 28.0 Å². The number of aromatic amines is 1. The lowest BCUT2D eigenvalue weighted by molar-refractivity contribution is 0.402. The lowest BCUT2D eigenvalue weighted by atomic mass is 10.0. The van der Waals surface area contributed by atoms with Crippen LogP contribution in [0.25, 0.3) is 22.0 Å². The lowest BCUT2D eigenvalue weighted by Gasteiger charge is -2.33. The summed E-state index contributed by atoms with van der Waals surface area (Å²) in [5, 5.41) is 1.25. The van der Waals surface area contributed by atoms with Crippen LogP contribution in [0, 0.1) is 0 Å². The zero-order valence-electron chi connectivity index (χ0n) is 16.9. The van der Waals surface area contributed by atoms with Gasteiger partial charge in [0.25, 0.3) is 0 Å². The second-order valence-corrected chi connectivity index (χ2v) is 8.92. The molecule has 3 aromatic carbocycles. The molecule has 4 heteroatoms. The number of para-hydroxylation sites is 1. The van der Waals surface area contributed by atoms with Gasteiger partial charge in [-0.2, -0.15) is 0 Å². The molecule has 146 valence electrons. The van der Waals surface area contributed by atoms with Crippen molar-refractivity contribution in [3.63, 3.8) is 0 Å². The normalized spacial score (nSPS) is 13.0. The van der Waals surface area contributed by atoms with Crippen LogP contribution in [0.2, 0.25) is 0 Å². The third kappa shape index (κ3) is 3.54. The fourth-order valence-corrected chi connectivity index (χ4v) is 5.17. The molecule has 0 saturated carbocycles. The average Bonchev–Trinajstić information content (AvgIpc) is 3.20. The molecule has 29 heavy (non-hydrogen) atoms. The lowest BCUT2D eigenvalue weighted by Crippen LogP contribution is -2.25. The summed E-state index contributed by atoms with van der Waals surface area (Å²) >= 11 is 1.88. The molecule has 0 radical (unpaired) electrons. The Balaban J connectivity index is 1.52. The molecular weight excluding hydrogens is 374 g/mol. The van der Waals surface area contributed by atoms with Gasteiger partial charge in [0.05, 0.1) is 11.4 Å². The molecule has 2 heterocycles. The number of aromatic nitrogens is 1. The van der Waals surface area contributed by atoms with Crippen molar-refractivity contribution in [2.75, 3.05) is 32.1 Å². The highest BCUT2D eigenvalue weighted by atomic mass is 32.2. The molecule has 0 saturated heterocycles. The van der Waals surface area contributed by atoms with Crippen molar-refractivity contribution < 1.29 is 0 Å².